The number of amides is 2. The number of likely N-dealkylation sites (tertiary alicyclic amines) is 1. The maximum absolute atomic E-state index is 13.6. The summed E-state index contributed by atoms with van der Waals surface area (Å²) in [7, 11) is 0. The molecule has 0 spiro atoms. The van der Waals surface area contributed by atoms with Gasteiger partial charge in [-0.05, 0) is 37.8 Å². The molecule has 0 aromatic heterocycles. The van der Waals surface area contributed by atoms with Crippen LogP contribution >= 0.6 is 0 Å². The van der Waals surface area contributed by atoms with E-state index < -0.39 is 0 Å². The van der Waals surface area contributed by atoms with Crippen LogP contribution in [-0.4, -0.2) is 60.0 Å². The number of hydrogen-bond acceptors (Lipinski definition) is 3. The lowest BCUT2D eigenvalue weighted by Crippen LogP contribution is -2.52. The molecule has 164 valence electrons. The van der Waals surface area contributed by atoms with E-state index in [1.54, 1.807) is 0 Å². The van der Waals surface area contributed by atoms with Gasteiger partial charge in [-0.25, -0.2) is 0 Å². The van der Waals surface area contributed by atoms with Crippen LogP contribution in [0.5, 0.6) is 0 Å². The van der Waals surface area contributed by atoms with Gasteiger partial charge in [0.15, 0.2) is 0 Å². The second-order valence-corrected chi connectivity index (χ2v) is 8.85. The number of rotatable bonds is 4. The molecule has 2 saturated heterocycles. The Morgan fingerprint density at radius 2 is 1.29 bits per heavy atom. The van der Waals surface area contributed by atoms with Crippen molar-refractivity contribution < 1.29 is 14.3 Å². The summed E-state index contributed by atoms with van der Waals surface area (Å²) in [6.07, 6.45) is 1.60. The highest BCUT2D eigenvalue weighted by Crippen LogP contribution is 2.30. The molecule has 0 radical (unpaired) electrons. The van der Waals surface area contributed by atoms with Gasteiger partial charge in [-0.3, -0.25) is 9.59 Å². The highest BCUT2D eigenvalue weighted by atomic mass is 16.5. The minimum atomic E-state index is -0.310. The van der Waals surface area contributed by atoms with Crippen molar-refractivity contribution in [3.05, 3.63) is 71.8 Å². The van der Waals surface area contributed by atoms with Crippen LogP contribution in [-0.2, 0) is 14.3 Å². The van der Waals surface area contributed by atoms with E-state index in [1.165, 1.54) is 0 Å². The third-order valence-corrected chi connectivity index (χ3v) is 6.40. The number of hydrogen-bond donors (Lipinski definition) is 0. The molecular weight excluding hydrogens is 388 g/mol. The fourth-order valence-electron chi connectivity index (χ4n) is 4.91. The molecule has 0 saturated carbocycles. The molecule has 4 rings (SSSR count). The number of ether oxygens (including phenoxy) is 1. The van der Waals surface area contributed by atoms with Crippen molar-refractivity contribution >= 4 is 11.8 Å². The number of benzene rings is 2. The molecular formula is C26H32N2O3. The van der Waals surface area contributed by atoms with Crippen LogP contribution < -0.4 is 0 Å². The Kier molecular flexibility index (Phi) is 6.71. The Morgan fingerprint density at radius 3 is 1.77 bits per heavy atom. The summed E-state index contributed by atoms with van der Waals surface area (Å²) in [4.78, 5) is 30.5. The summed E-state index contributed by atoms with van der Waals surface area (Å²) < 4.78 is 5.77. The maximum Gasteiger partial charge on any atom is 0.234 e. The Morgan fingerprint density at radius 1 is 0.806 bits per heavy atom. The number of carbonyl (C=O) groups excluding carboxylic acids is 2. The van der Waals surface area contributed by atoms with Gasteiger partial charge in [0, 0.05) is 32.1 Å². The van der Waals surface area contributed by atoms with Gasteiger partial charge in [-0.2, -0.15) is 0 Å². The molecule has 31 heavy (non-hydrogen) atoms. The largest absolute Gasteiger partial charge is 0.372 e. The van der Waals surface area contributed by atoms with Crippen LogP contribution in [0.2, 0.25) is 0 Å². The lowest BCUT2D eigenvalue weighted by Gasteiger charge is -2.39. The molecule has 5 heteroatoms. The van der Waals surface area contributed by atoms with E-state index >= 15 is 0 Å². The zero-order valence-electron chi connectivity index (χ0n) is 18.4. The molecule has 2 aliphatic rings. The van der Waals surface area contributed by atoms with Crippen molar-refractivity contribution in [1.82, 2.24) is 9.80 Å². The number of nitrogens with zero attached hydrogens (tertiary/aromatic N) is 2. The zero-order valence-corrected chi connectivity index (χ0v) is 18.4. The Balaban J connectivity index is 1.43. The lowest BCUT2D eigenvalue weighted by atomic mass is 9.88. The average Bonchev–Trinajstić information content (AvgIpc) is 2.79. The standard InChI is InChI=1S/C26H32N2O3/c1-19-17-28(18-20(2)31-19)25(29)23-13-15-27(16-14-23)26(30)24(21-9-5-3-6-10-21)22-11-7-4-8-12-22/h3-12,19-20,23-24H,13-18H2,1-2H3. The van der Waals surface area contributed by atoms with Crippen molar-refractivity contribution in [2.24, 2.45) is 5.92 Å². The smallest absolute Gasteiger partial charge is 0.234 e. The number of carbonyl (C=O) groups is 2. The van der Waals surface area contributed by atoms with Crippen LogP contribution in [0.25, 0.3) is 0 Å². The van der Waals surface area contributed by atoms with E-state index in [0.29, 0.717) is 26.2 Å². The van der Waals surface area contributed by atoms with Crippen LogP contribution in [0.3, 0.4) is 0 Å². The SMILES string of the molecule is CC1CN(C(=O)C2CCN(C(=O)C(c3ccccc3)c3ccccc3)CC2)CC(C)O1. The average molecular weight is 421 g/mol. The minimum Gasteiger partial charge on any atom is -0.372 e. The molecule has 2 aliphatic heterocycles. The van der Waals surface area contributed by atoms with Crippen LogP contribution in [0, 0.1) is 5.92 Å². The predicted octanol–water partition coefficient (Wildman–Crippen LogP) is 3.69. The van der Waals surface area contributed by atoms with Crippen LogP contribution in [0.15, 0.2) is 60.7 Å². The summed E-state index contributed by atoms with van der Waals surface area (Å²) in [5, 5.41) is 0. The summed E-state index contributed by atoms with van der Waals surface area (Å²) >= 11 is 0. The van der Waals surface area contributed by atoms with E-state index in [2.05, 4.69) is 0 Å². The molecule has 2 aromatic rings. The van der Waals surface area contributed by atoms with Crippen LogP contribution in [0.1, 0.15) is 43.7 Å². The Hall–Kier alpha value is -2.66. The molecule has 0 aliphatic carbocycles. The van der Waals surface area contributed by atoms with Crippen molar-refractivity contribution in [3.8, 4) is 0 Å². The van der Waals surface area contributed by atoms with Gasteiger partial charge >= 0.3 is 0 Å². The molecule has 2 aromatic carbocycles. The van der Waals surface area contributed by atoms with Gasteiger partial charge in [0.25, 0.3) is 0 Å². The van der Waals surface area contributed by atoms with Crippen LogP contribution in [0.4, 0.5) is 0 Å². The first-order chi connectivity index (χ1) is 15.0. The third-order valence-electron chi connectivity index (χ3n) is 6.40. The van der Waals surface area contributed by atoms with Gasteiger partial charge in [-0.1, -0.05) is 60.7 Å². The predicted molar refractivity (Wildman–Crippen MR) is 121 cm³/mol. The van der Waals surface area contributed by atoms with Gasteiger partial charge in [0.05, 0.1) is 18.1 Å². The van der Waals surface area contributed by atoms with E-state index in [9.17, 15) is 9.59 Å². The molecule has 0 N–H and O–H groups in total. The second kappa shape index (κ2) is 9.65. The van der Waals surface area contributed by atoms with Gasteiger partial charge in [0.1, 0.15) is 0 Å². The second-order valence-electron chi connectivity index (χ2n) is 8.85. The zero-order chi connectivity index (χ0) is 21.8. The van der Waals surface area contributed by atoms with Gasteiger partial charge in [0.2, 0.25) is 11.8 Å². The van der Waals surface area contributed by atoms with Crippen molar-refractivity contribution in [2.45, 2.75) is 44.8 Å². The fourth-order valence-corrected chi connectivity index (χ4v) is 4.91. The maximum atomic E-state index is 13.6. The summed E-state index contributed by atoms with van der Waals surface area (Å²) in [6.45, 7) is 6.61. The Bertz CT molecular complexity index is 829. The highest BCUT2D eigenvalue weighted by Gasteiger charge is 2.35. The summed E-state index contributed by atoms with van der Waals surface area (Å²) in [5.74, 6) is 0.0257. The number of morpholine rings is 1. The third kappa shape index (κ3) is 4.99. The first-order valence-electron chi connectivity index (χ1n) is 11.4. The summed E-state index contributed by atoms with van der Waals surface area (Å²) in [5.41, 5.74) is 2.02. The van der Waals surface area contributed by atoms with E-state index in [0.717, 1.165) is 24.0 Å². The van der Waals surface area contributed by atoms with E-state index in [1.807, 2.05) is 84.3 Å². The molecule has 2 amide bonds. The van der Waals surface area contributed by atoms with E-state index in [-0.39, 0.29) is 35.9 Å². The highest BCUT2D eigenvalue weighted by molar-refractivity contribution is 5.87. The molecule has 2 heterocycles. The first kappa shape index (κ1) is 21.6. The quantitative estimate of drug-likeness (QED) is 0.758. The normalized spacial score (nSPS) is 22.5. The monoisotopic (exact) mass is 420 g/mol. The Labute approximate surface area is 185 Å². The molecule has 2 fully saturated rings. The van der Waals surface area contributed by atoms with E-state index in [4.69, 9.17) is 4.74 Å². The molecule has 5 nitrogen and oxygen atoms in total. The molecule has 2 atom stereocenters. The molecule has 2 unspecified atom stereocenters. The van der Waals surface area contributed by atoms with Crippen molar-refractivity contribution in [1.29, 1.82) is 0 Å². The minimum absolute atomic E-state index is 0.00606. The first-order valence-corrected chi connectivity index (χ1v) is 11.4. The lowest BCUT2D eigenvalue weighted by molar-refractivity contribution is -0.150. The van der Waals surface area contributed by atoms with Gasteiger partial charge in [-0.15, -0.1) is 0 Å². The summed E-state index contributed by atoms with van der Waals surface area (Å²) in [6, 6.07) is 19.9. The van der Waals surface area contributed by atoms with Crippen molar-refractivity contribution in [3.63, 3.8) is 0 Å². The topological polar surface area (TPSA) is 49.9 Å². The van der Waals surface area contributed by atoms with Gasteiger partial charge < -0.3 is 14.5 Å². The molecule has 0 bridgehead atoms. The van der Waals surface area contributed by atoms with Crippen molar-refractivity contribution in [2.75, 3.05) is 26.2 Å². The fraction of sp³-hybridized carbons (Fsp3) is 0.462. The number of piperidine rings is 1.